The number of hydrogen-bond acceptors (Lipinski definition) is 7. The van der Waals surface area contributed by atoms with Crippen LogP contribution in [-0.4, -0.2) is 59.4 Å². The fourth-order valence-corrected chi connectivity index (χ4v) is 4.27. The van der Waals surface area contributed by atoms with Crippen LogP contribution in [-0.2, 0) is 17.6 Å². The molecule has 0 N–H and O–H groups in total. The summed E-state index contributed by atoms with van der Waals surface area (Å²) in [5.74, 6) is 3.68. The van der Waals surface area contributed by atoms with E-state index in [1.54, 1.807) is 21.3 Å². The number of fused-ring (bicyclic) bond motifs is 1. The molecule has 33 heavy (non-hydrogen) atoms. The standard InChI is InChI=1S/C26H35NO6/c1-17(13-20(28)8-7-18-14-21(29-4)9-10-22(18)30-5)24-19(11-12-27(2)3)15-23-25(26(24)31-6)33-16-32-23/h9-10,14-15,17H,7-8,11-13,16H2,1-6H3. The first-order chi connectivity index (χ1) is 15.9. The van der Waals surface area contributed by atoms with Gasteiger partial charge < -0.3 is 28.6 Å². The van der Waals surface area contributed by atoms with Crippen molar-refractivity contribution >= 4 is 5.78 Å². The highest BCUT2D eigenvalue weighted by Crippen LogP contribution is 2.48. The molecular formula is C26H35NO6. The third-order valence-electron chi connectivity index (χ3n) is 5.96. The average Bonchev–Trinajstić information content (AvgIpc) is 3.28. The Hall–Kier alpha value is -2.93. The van der Waals surface area contributed by atoms with E-state index in [0.717, 1.165) is 41.2 Å². The Balaban J connectivity index is 1.78. The number of rotatable bonds is 12. The van der Waals surface area contributed by atoms with E-state index in [0.29, 0.717) is 36.5 Å². The second-order valence-corrected chi connectivity index (χ2v) is 8.59. The molecular weight excluding hydrogens is 422 g/mol. The Morgan fingerprint density at radius 3 is 2.48 bits per heavy atom. The number of likely N-dealkylation sites (N-methyl/N-ethyl adjacent to an activating group) is 1. The van der Waals surface area contributed by atoms with Crippen molar-refractivity contribution in [2.24, 2.45) is 0 Å². The van der Waals surface area contributed by atoms with Gasteiger partial charge >= 0.3 is 0 Å². The lowest BCUT2D eigenvalue weighted by atomic mass is 9.87. The third-order valence-corrected chi connectivity index (χ3v) is 5.96. The molecule has 0 bridgehead atoms. The number of ketones is 1. The van der Waals surface area contributed by atoms with Gasteiger partial charge in [0.25, 0.3) is 0 Å². The van der Waals surface area contributed by atoms with Crippen LogP contribution in [0.5, 0.6) is 28.7 Å². The van der Waals surface area contributed by atoms with Crippen LogP contribution in [0.15, 0.2) is 24.3 Å². The predicted molar refractivity (Wildman–Crippen MR) is 127 cm³/mol. The fraction of sp³-hybridized carbons (Fsp3) is 0.500. The summed E-state index contributed by atoms with van der Waals surface area (Å²) in [5, 5.41) is 0. The molecule has 1 aliphatic heterocycles. The van der Waals surface area contributed by atoms with Crippen molar-refractivity contribution in [1.82, 2.24) is 4.90 Å². The highest BCUT2D eigenvalue weighted by atomic mass is 16.7. The molecule has 0 saturated heterocycles. The molecule has 0 amide bonds. The Bertz CT molecular complexity index is 972. The number of aryl methyl sites for hydroxylation is 1. The van der Waals surface area contributed by atoms with Gasteiger partial charge in [-0.2, -0.15) is 0 Å². The van der Waals surface area contributed by atoms with Gasteiger partial charge in [0.1, 0.15) is 17.3 Å². The summed E-state index contributed by atoms with van der Waals surface area (Å²) in [6.07, 6.45) is 2.26. The first-order valence-electron chi connectivity index (χ1n) is 11.2. The molecule has 0 saturated carbocycles. The van der Waals surface area contributed by atoms with E-state index in [1.165, 1.54) is 0 Å². The van der Waals surface area contributed by atoms with Crippen LogP contribution in [0, 0.1) is 0 Å². The summed E-state index contributed by atoms with van der Waals surface area (Å²) in [7, 11) is 8.99. The van der Waals surface area contributed by atoms with E-state index in [1.807, 2.05) is 38.4 Å². The van der Waals surface area contributed by atoms with Gasteiger partial charge in [0.2, 0.25) is 12.5 Å². The summed E-state index contributed by atoms with van der Waals surface area (Å²) in [6.45, 7) is 3.13. The summed E-state index contributed by atoms with van der Waals surface area (Å²) >= 11 is 0. The molecule has 1 atom stereocenters. The Morgan fingerprint density at radius 2 is 1.82 bits per heavy atom. The van der Waals surface area contributed by atoms with Crippen molar-refractivity contribution in [1.29, 1.82) is 0 Å². The first-order valence-corrected chi connectivity index (χ1v) is 11.2. The smallest absolute Gasteiger partial charge is 0.231 e. The summed E-state index contributed by atoms with van der Waals surface area (Å²) in [4.78, 5) is 15.1. The highest BCUT2D eigenvalue weighted by Gasteiger charge is 2.28. The maximum absolute atomic E-state index is 13.0. The number of ether oxygens (including phenoxy) is 5. The zero-order valence-corrected chi connectivity index (χ0v) is 20.5. The summed E-state index contributed by atoms with van der Waals surface area (Å²) in [5.41, 5.74) is 3.11. The van der Waals surface area contributed by atoms with E-state index < -0.39 is 0 Å². The van der Waals surface area contributed by atoms with Crippen molar-refractivity contribution in [3.05, 3.63) is 41.0 Å². The van der Waals surface area contributed by atoms with Crippen molar-refractivity contribution in [3.63, 3.8) is 0 Å². The number of Topliss-reactive ketones (excluding diaryl/α,β-unsaturated/α-hetero) is 1. The molecule has 2 aromatic carbocycles. The van der Waals surface area contributed by atoms with Crippen molar-refractivity contribution in [3.8, 4) is 28.7 Å². The van der Waals surface area contributed by atoms with Crippen LogP contribution in [0.25, 0.3) is 0 Å². The molecule has 1 heterocycles. The predicted octanol–water partition coefficient (Wildman–Crippen LogP) is 4.24. The van der Waals surface area contributed by atoms with E-state index in [-0.39, 0.29) is 18.5 Å². The van der Waals surface area contributed by atoms with Gasteiger partial charge in [0, 0.05) is 24.9 Å². The number of carbonyl (C=O) groups is 1. The average molecular weight is 458 g/mol. The molecule has 0 aromatic heterocycles. The van der Waals surface area contributed by atoms with E-state index in [2.05, 4.69) is 11.8 Å². The lowest BCUT2D eigenvalue weighted by Crippen LogP contribution is -2.17. The molecule has 1 unspecified atom stereocenters. The van der Waals surface area contributed by atoms with Gasteiger partial charge in [0.05, 0.1) is 21.3 Å². The van der Waals surface area contributed by atoms with E-state index in [9.17, 15) is 4.79 Å². The van der Waals surface area contributed by atoms with Gasteiger partial charge in [-0.05, 0) is 68.2 Å². The minimum atomic E-state index is -0.0219. The van der Waals surface area contributed by atoms with Crippen LogP contribution >= 0.6 is 0 Å². The monoisotopic (exact) mass is 457 g/mol. The van der Waals surface area contributed by atoms with Gasteiger partial charge in [0.15, 0.2) is 11.5 Å². The van der Waals surface area contributed by atoms with Gasteiger partial charge in [-0.15, -0.1) is 0 Å². The van der Waals surface area contributed by atoms with Gasteiger partial charge in [-0.25, -0.2) is 0 Å². The van der Waals surface area contributed by atoms with E-state index in [4.69, 9.17) is 23.7 Å². The van der Waals surface area contributed by atoms with Crippen LogP contribution in [0.1, 0.15) is 42.4 Å². The number of nitrogens with zero attached hydrogens (tertiary/aromatic N) is 1. The normalized spacial score (nSPS) is 13.2. The topological polar surface area (TPSA) is 66.5 Å². The molecule has 180 valence electrons. The Kier molecular flexibility index (Phi) is 8.44. The van der Waals surface area contributed by atoms with Gasteiger partial charge in [-0.1, -0.05) is 6.92 Å². The fourth-order valence-electron chi connectivity index (χ4n) is 4.27. The van der Waals surface area contributed by atoms with Crippen LogP contribution in [0.3, 0.4) is 0 Å². The maximum Gasteiger partial charge on any atom is 0.231 e. The van der Waals surface area contributed by atoms with Crippen molar-refractivity contribution < 1.29 is 28.5 Å². The van der Waals surface area contributed by atoms with Crippen molar-refractivity contribution in [2.75, 3.05) is 48.8 Å². The molecule has 7 nitrogen and oxygen atoms in total. The molecule has 7 heteroatoms. The zero-order chi connectivity index (χ0) is 24.0. The molecule has 0 fully saturated rings. The second-order valence-electron chi connectivity index (χ2n) is 8.59. The quantitative estimate of drug-likeness (QED) is 0.472. The molecule has 0 radical (unpaired) electrons. The van der Waals surface area contributed by atoms with E-state index >= 15 is 0 Å². The molecule has 0 aliphatic carbocycles. The van der Waals surface area contributed by atoms with Crippen molar-refractivity contribution in [2.45, 2.75) is 38.5 Å². The zero-order valence-electron chi connectivity index (χ0n) is 20.5. The minimum Gasteiger partial charge on any atom is -0.497 e. The SMILES string of the molecule is COc1ccc(OC)c(CCC(=O)CC(C)c2c(CCN(C)C)cc3c(c2OC)OCO3)c1. The molecule has 0 spiro atoms. The molecule has 3 rings (SSSR count). The number of benzene rings is 2. The number of hydrogen-bond donors (Lipinski definition) is 0. The maximum atomic E-state index is 13.0. The third kappa shape index (κ3) is 5.90. The second kappa shape index (κ2) is 11.3. The Morgan fingerprint density at radius 1 is 1.03 bits per heavy atom. The largest absolute Gasteiger partial charge is 0.497 e. The molecule has 2 aromatic rings. The first kappa shape index (κ1) is 24.7. The summed E-state index contributed by atoms with van der Waals surface area (Å²) in [6, 6.07) is 7.69. The summed E-state index contributed by atoms with van der Waals surface area (Å²) < 4.78 is 27.8. The van der Waals surface area contributed by atoms with Crippen LogP contribution in [0.2, 0.25) is 0 Å². The van der Waals surface area contributed by atoms with Gasteiger partial charge in [-0.3, -0.25) is 4.79 Å². The lowest BCUT2D eigenvalue weighted by Gasteiger charge is -2.22. The van der Waals surface area contributed by atoms with Crippen LogP contribution in [0.4, 0.5) is 0 Å². The number of methoxy groups -OCH3 is 3. The Labute approximate surface area is 196 Å². The minimum absolute atomic E-state index is 0.0219. The molecule has 1 aliphatic rings. The lowest BCUT2D eigenvalue weighted by molar-refractivity contribution is -0.119. The van der Waals surface area contributed by atoms with Crippen LogP contribution < -0.4 is 23.7 Å². The number of carbonyl (C=O) groups excluding carboxylic acids is 1. The highest BCUT2D eigenvalue weighted by molar-refractivity contribution is 5.80.